The largest absolute Gasteiger partial charge is 0.326 e. The van der Waals surface area contributed by atoms with Crippen molar-refractivity contribution in [2.24, 2.45) is 5.73 Å². The monoisotopic (exact) mass is 252 g/mol. The molecule has 3 heteroatoms. The minimum atomic E-state index is -0.264. The van der Waals surface area contributed by atoms with Gasteiger partial charge in [0.1, 0.15) is 5.82 Å². The van der Waals surface area contributed by atoms with E-state index in [9.17, 15) is 4.39 Å². The van der Waals surface area contributed by atoms with Crippen molar-refractivity contribution >= 4 is 10.9 Å². The van der Waals surface area contributed by atoms with Crippen LogP contribution >= 0.6 is 0 Å². The summed E-state index contributed by atoms with van der Waals surface area (Å²) < 4.78 is 13.5. The van der Waals surface area contributed by atoms with Crippen molar-refractivity contribution in [3.63, 3.8) is 0 Å². The van der Waals surface area contributed by atoms with Crippen LogP contribution in [0.2, 0.25) is 0 Å². The average Bonchev–Trinajstić information content (AvgIpc) is 2.46. The SMILES string of the molecule is NCc1ccc(F)cc1-c1cccc2cccnc12. The van der Waals surface area contributed by atoms with E-state index in [1.165, 1.54) is 12.1 Å². The molecular weight excluding hydrogens is 239 g/mol. The molecule has 0 radical (unpaired) electrons. The number of para-hydroxylation sites is 1. The average molecular weight is 252 g/mol. The molecule has 0 bridgehead atoms. The zero-order valence-electron chi connectivity index (χ0n) is 10.3. The maximum Gasteiger partial charge on any atom is 0.123 e. The van der Waals surface area contributed by atoms with Gasteiger partial charge in [-0.15, -0.1) is 0 Å². The highest BCUT2D eigenvalue weighted by molar-refractivity contribution is 5.94. The molecule has 1 aromatic heterocycles. The summed E-state index contributed by atoms with van der Waals surface area (Å²) in [7, 11) is 0. The molecule has 0 unspecified atom stereocenters. The summed E-state index contributed by atoms with van der Waals surface area (Å²) in [6.45, 7) is 0.374. The summed E-state index contributed by atoms with van der Waals surface area (Å²) in [4.78, 5) is 4.40. The fourth-order valence-electron chi connectivity index (χ4n) is 2.30. The number of halogens is 1. The molecule has 94 valence electrons. The van der Waals surface area contributed by atoms with E-state index in [1.54, 1.807) is 12.3 Å². The van der Waals surface area contributed by atoms with Crippen molar-refractivity contribution in [2.45, 2.75) is 6.54 Å². The Labute approximate surface area is 110 Å². The zero-order valence-corrected chi connectivity index (χ0v) is 10.3. The summed E-state index contributed by atoms with van der Waals surface area (Å²) in [5.74, 6) is -0.264. The Bertz CT molecular complexity index is 732. The van der Waals surface area contributed by atoms with E-state index in [4.69, 9.17) is 5.73 Å². The molecule has 0 fully saturated rings. The number of fused-ring (bicyclic) bond motifs is 1. The molecule has 0 saturated carbocycles. The van der Waals surface area contributed by atoms with E-state index < -0.39 is 0 Å². The number of hydrogen-bond acceptors (Lipinski definition) is 2. The Balaban J connectivity index is 2.33. The lowest BCUT2D eigenvalue weighted by atomic mass is 9.97. The van der Waals surface area contributed by atoms with E-state index in [2.05, 4.69) is 4.98 Å². The molecule has 0 aliphatic rings. The molecule has 0 aliphatic carbocycles. The smallest absolute Gasteiger partial charge is 0.123 e. The lowest BCUT2D eigenvalue weighted by Gasteiger charge is -2.10. The Morgan fingerprint density at radius 3 is 2.68 bits per heavy atom. The maximum atomic E-state index is 13.5. The Kier molecular flexibility index (Phi) is 2.97. The predicted molar refractivity (Wildman–Crippen MR) is 75.0 cm³/mol. The summed E-state index contributed by atoms with van der Waals surface area (Å²) in [5.41, 5.74) is 9.25. The highest BCUT2D eigenvalue weighted by atomic mass is 19.1. The molecule has 0 amide bonds. The van der Waals surface area contributed by atoms with Crippen molar-refractivity contribution < 1.29 is 4.39 Å². The summed E-state index contributed by atoms with van der Waals surface area (Å²) in [6, 6.07) is 14.5. The van der Waals surface area contributed by atoms with Gasteiger partial charge in [0.05, 0.1) is 5.52 Å². The number of pyridine rings is 1. The van der Waals surface area contributed by atoms with Crippen molar-refractivity contribution in [1.29, 1.82) is 0 Å². The number of nitrogens with two attached hydrogens (primary N) is 1. The van der Waals surface area contributed by atoms with E-state index >= 15 is 0 Å². The zero-order chi connectivity index (χ0) is 13.2. The fourth-order valence-corrected chi connectivity index (χ4v) is 2.30. The standard InChI is InChI=1S/C16H13FN2/c17-13-7-6-12(10-18)15(9-13)14-5-1-3-11-4-2-8-19-16(11)14/h1-9H,10,18H2. The van der Waals surface area contributed by atoms with E-state index in [0.29, 0.717) is 6.54 Å². The molecule has 2 aromatic carbocycles. The minimum Gasteiger partial charge on any atom is -0.326 e. The van der Waals surface area contributed by atoms with Crippen LogP contribution in [0.4, 0.5) is 4.39 Å². The molecule has 3 rings (SSSR count). The van der Waals surface area contributed by atoms with Crippen molar-refractivity contribution in [2.75, 3.05) is 0 Å². The lowest BCUT2D eigenvalue weighted by Crippen LogP contribution is -2.00. The number of nitrogens with zero attached hydrogens (tertiary/aromatic N) is 1. The molecule has 3 aromatic rings. The van der Waals surface area contributed by atoms with Crippen molar-refractivity contribution in [1.82, 2.24) is 4.98 Å². The van der Waals surface area contributed by atoms with Gasteiger partial charge in [0.2, 0.25) is 0 Å². The Hall–Kier alpha value is -2.26. The first-order valence-corrected chi connectivity index (χ1v) is 6.12. The molecule has 0 spiro atoms. The van der Waals surface area contributed by atoms with Gasteiger partial charge < -0.3 is 5.73 Å². The quantitative estimate of drug-likeness (QED) is 0.758. The summed E-state index contributed by atoms with van der Waals surface area (Å²) in [6.07, 6.45) is 1.74. The number of aromatic nitrogens is 1. The molecule has 0 saturated heterocycles. The second-order valence-corrected chi connectivity index (χ2v) is 4.39. The van der Waals surface area contributed by atoms with Gasteiger partial charge in [0, 0.05) is 23.7 Å². The molecule has 1 heterocycles. The van der Waals surface area contributed by atoms with Crippen LogP contribution in [-0.4, -0.2) is 4.98 Å². The van der Waals surface area contributed by atoms with Crippen LogP contribution in [0.15, 0.2) is 54.7 Å². The second kappa shape index (κ2) is 4.78. The molecule has 0 atom stereocenters. The molecule has 2 nitrogen and oxygen atoms in total. The van der Waals surface area contributed by atoms with Crippen LogP contribution in [0.25, 0.3) is 22.0 Å². The van der Waals surface area contributed by atoms with Crippen molar-refractivity contribution in [3.8, 4) is 11.1 Å². The second-order valence-electron chi connectivity index (χ2n) is 4.39. The molecular formula is C16H13FN2. The molecule has 19 heavy (non-hydrogen) atoms. The first-order chi connectivity index (χ1) is 9.29. The van der Waals surface area contributed by atoms with Gasteiger partial charge in [-0.3, -0.25) is 4.98 Å². The lowest BCUT2D eigenvalue weighted by molar-refractivity contribution is 0.627. The number of hydrogen-bond donors (Lipinski definition) is 1. The first-order valence-electron chi connectivity index (χ1n) is 6.12. The van der Waals surface area contributed by atoms with Crippen LogP contribution in [0.1, 0.15) is 5.56 Å². The van der Waals surface area contributed by atoms with Crippen LogP contribution in [0.5, 0.6) is 0 Å². The molecule has 0 aliphatic heterocycles. The van der Waals surface area contributed by atoms with E-state index in [1.807, 2.05) is 30.3 Å². The van der Waals surface area contributed by atoms with Crippen molar-refractivity contribution in [3.05, 3.63) is 66.1 Å². The van der Waals surface area contributed by atoms with E-state index in [-0.39, 0.29) is 5.82 Å². The third-order valence-corrected chi connectivity index (χ3v) is 3.21. The number of rotatable bonds is 2. The van der Waals surface area contributed by atoms with Gasteiger partial charge >= 0.3 is 0 Å². The van der Waals surface area contributed by atoms with Gasteiger partial charge in [-0.2, -0.15) is 0 Å². The van der Waals surface area contributed by atoms with Gasteiger partial charge in [0.25, 0.3) is 0 Å². The number of benzene rings is 2. The van der Waals surface area contributed by atoms with Gasteiger partial charge in [0.15, 0.2) is 0 Å². The normalized spacial score (nSPS) is 10.8. The molecule has 2 N–H and O–H groups in total. The predicted octanol–water partition coefficient (Wildman–Crippen LogP) is 3.50. The van der Waals surface area contributed by atoms with Crippen LogP contribution in [0.3, 0.4) is 0 Å². The Morgan fingerprint density at radius 1 is 1.00 bits per heavy atom. The third kappa shape index (κ3) is 2.09. The van der Waals surface area contributed by atoms with E-state index in [0.717, 1.165) is 27.6 Å². The fraction of sp³-hybridized carbons (Fsp3) is 0.0625. The highest BCUT2D eigenvalue weighted by Gasteiger charge is 2.09. The van der Waals surface area contributed by atoms with Gasteiger partial charge in [-0.1, -0.05) is 30.3 Å². The van der Waals surface area contributed by atoms with Crippen LogP contribution < -0.4 is 5.73 Å². The minimum absolute atomic E-state index is 0.264. The first kappa shape index (κ1) is 11.8. The van der Waals surface area contributed by atoms with Gasteiger partial charge in [-0.25, -0.2) is 4.39 Å². The third-order valence-electron chi connectivity index (χ3n) is 3.21. The van der Waals surface area contributed by atoms with Crippen LogP contribution in [-0.2, 0) is 6.54 Å². The topological polar surface area (TPSA) is 38.9 Å². The summed E-state index contributed by atoms with van der Waals surface area (Å²) >= 11 is 0. The van der Waals surface area contributed by atoms with Crippen LogP contribution in [0, 0.1) is 5.82 Å². The summed E-state index contributed by atoms with van der Waals surface area (Å²) in [5, 5.41) is 1.03. The maximum absolute atomic E-state index is 13.5. The highest BCUT2D eigenvalue weighted by Crippen LogP contribution is 2.30. The Morgan fingerprint density at radius 2 is 1.84 bits per heavy atom. The van der Waals surface area contributed by atoms with Gasteiger partial charge in [-0.05, 0) is 29.3 Å².